The number of anilines is 1. The van der Waals surface area contributed by atoms with Crippen LogP contribution < -0.4 is 10.6 Å². The number of nitrogens with one attached hydrogen (secondary N) is 2. The van der Waals surface area contributed by atoms with Crippen LogP contribution in [0.1, 0.15) is 23.7 Å². The van der Waals surface area contributed by atoms with E-state index < -0.39 is 0 Å². The molecule has 1 heterocycles. The van der Waals surface area contributed by atoms with Crippen LogP contribution in [0.2, 0.25) is 5.02 Å². The van der Waals surface area contributed by atoms with Gasteiger partial charge >= 0.3 is 0 Å². The van der Waals surface area contributed by atoms with Gasteiger partial charge in [0.2, 0.25) is 0 Å². The van der Waals surface area contributed by atoms with E-state index >= 15 is 0 Å². The molecular weight excluding hydrogens is 262 g/mol. The van der Waals surface area contributed by atoms with Crippen LogP contribution in [0.3, 0.4) is 0 Å². The van der Waals surface area contributed by atoms with E-state index in [0.29, 0.717) is 22.7 Å². The molecule has 0 aromatic heterocycles. The van der Waals surface area contributed by atoms with E-state index in [1.165, 1.54) is 0 Å². The summed E-state index contributed by atoms with van der Waals surface area (Å²) < 4.78 is 0. The standard InChI is InChI=1S/C14H20ClN3O/c1-9-6-11(8-18(9)3)17-13-7-10(14(19)16-2)4-5-12(13)15/h4-5,7,9,11,17H,6,8H2,1-3H3,(H,16,19). The second-order valence-electron chi connectivity index (χ2n) is 5.14. The van der Waals surface area contributed by atoms with Crippen LogP contribution in [0.25, 0.3) is 0 Å². The molecule has 0 saturated carbocycles. The zero-order valence-corrected chi connectivity index (χ0v) is 12.3. The van der Waals surface area contributed by atoms with Gasteiger partial charge in [0.15, 0.2) is 0 Å². The van der Waals surface area contributed by atoms with Gasteiger partial charge in [-0.25, -0.2) is 0 Å². The molecule has 2 atom stereocenters. The average molecular weight is 282 g/mol. The lowest BCUT2D eigenvalue weighted by molar-refractivity contribution is 0.0963. The minimum Gasteiger partial charge on any atom is -0.380 e. The van der Waals surface area contributed by atoms with Gasteiger partial charge in [-0.05, 0) is 38.6 Å². The predicted octanol–water partition coefficient (Wildman–Crippen LogP) is 2.20. The van der Waals surface area contributed by atoms with Crippen LogP contribution in [0.5, 0.6) is 0 Å². The molecule has 2 N–H and O–H groups in total. The molecule has 0 bridgehead atoms. The number of hydrogen-bond donors (Lipinski definition) is 2. The Hall–Kier alpha value is -1.26. The Labute approximate surface area is 119 Å². The van der Waals surface area contributed by atoms with Crippen LogP contribution in [0, 0.1) is 0 Å². The first-order valence-electron chi connectivity index (χ1n) is 6.49. The summed E-state index contributed by atoms with van der Waals surface area (Å²) in [5.74, 6) is -0.100. The third-order valence-electron chi connectivity index (χ3n) is 3.70. The summed E-state index contributed by atoms with van der Waals surface area (Å²) in [6.07, 6.45) is 1.08. The van der Waals surface area contributed by atoms with E-state index in [2.05, 4.69) is 29.5 Å². The lowest BCUT2D eigenvalue weighted by atomic mass is 10.1. The van der Waals surface area contributed by atoms with Gasteiger partial charge in [-0.3, -0.25) is 4.79 Å². The van der Waals surface area contributed by atoms with Crippen molar-refractivity contribution in [3.05, 3.63) is 28.8 Å². The van der Waals surface area contributed by atoms with Gasteiger partial charge in [-0.2, -0.15) is 0 Å². The summed E-state index contributed by atoms with van der Waals surface area (Å²) in [4.78, 5) is 13.9. The topological polar surface area (TPSA) is 44.4 Å². The van der Waals surface area contributed by atoms with E-state index in [0.717, 1.165) is 18.7 Å². The van der Waals surface area contributed by atoms with E-state index in [1.54, 1.807) is 19.2 Å². The van der Waals surface area contributed by atoms with Crippen molar-refractivity contribution in [1.29, 1.82) is 0 Å². The molecular formula is C14H20ClN3O. The Kier molecular flexibility index (Phi) is 4.32. The Balaban J connectivity index is 2.13. The van der Waals surface area contributed by atoms with Gasteiger partial charge < -0.3 is 15.5 Å². The molecule has 19 heavy (non-hydrogen) atoms. The summed E-state index contributed by atoms with van der Waals surface area (Å²) in [6.45, 7) is 3.20. The summed E-state index contributed by atoms with van der Waals surface area (Å²) >= 11 is 6.19. The second-order valence-corrected chi connectivity index (χ2v) is 5.55. The van der Waals surface area contributed by atoms with Crippen LogP contribution >= 0.6 is 11.6 Å². The van der Waals surface area contributed by atoms with E-state index in [1.807, 2.05) is 6.07 Å². The Morgan fingerprint density at radius 2 is 2.21 bits per heavy atom. The van der Waals surface area contributed by atoms with Gasteiger partial charge in [-0.1, -0.05) is 11.6 Å². The van der Waals surface area contributed by atoms with Crippen molar-refractivity contribution in [2.75, 3.05) is 26.0 Å². The number of likely N-dealkylation sites (tertiary alicyclic amines) is 1. The second kappa shape index (κ2) is 5.80. The van der Waals surface area contributed by atoms with Crippen LogP contribution in [-0.4, -0.2) is 43.5 Å². The van der Waals surface area contributed by atoms with Crippen LogP contribution in [-0.2, 0) is 0 Å². The first-order valence-corrected chi connectivity index (χ1v) is 6.87. The summed E-state index contributed by atoms with van der Waals surface area (Å²) in [6, 6.07) is 6.24. The molecule has 0 aliphatic carbocycles. The summed E-state index contributed by atoms with van der Waals surface area (Å²) in [5, 5.41) is 6.70. The number of hydrogen-bond acceptors (Lipinski definition) is 3. The number of nitrogens with zero attached hydrogens (tertiary/aromatic N) is 1. The van der Waals surface area contributed by atoms with Crippen molar-refractivity contribution in [2.24, 2.45) is 0 Å². The van der Waals surface area contributed by atoms with E-state index in [4.69, 9.17) is 11.6 Å². The predicted molar refractivity (Wildman–Crippen MR) is 79.0 cm³/mol. The minimum atomic E-state index is -0.100. The third-order valence-corrected chi connectivity index (χ3v) is 4.03. The first kappa shape index (κ1) is 14.2. The number of carbonyl (C=O) groups excluding carboxylic acids is 1. The molecule has 1 fully saturated rings. The lowest BCUT2D eigenvalue weighted by Gasteiger charge is -2.16. The number of rotatable bonds is 3. The highest BCUT2D eigenvalue weighted by molar-refractivity contribution is 6.33. The molecule has 104 valence electrons. The number of carbonyl (C=O) groups is 1. The Morgan fingerprint density at radius 1 is 1.47 bits per heavy atom. The van der Waals surface area contributed by atoms with Crippen LogP contribution in [0.4, 0.5) is 5.69 Å². The lowest BCUT2D eigenvalue weighted by Crippen LogP contribution is -2.25. The van der Waals surface area contributed by atoms with Crippen molar-refractivity contribution < 1.29 is 4.79 Å². The van der Waals surface area contributed by atoms with Crippen molar-refractivity contribution in [2.45, 2.75) is 25.4 Å². The molecule has 1 amide bonds. The van der Waals surface area contributed by atoms with Crippen molar-refractivity contribution in [1.82, 2.24) is 10.2 Å². The maximum atomic E-state index is 11.6. The highest BCUT2D eigenvalue weighted by Crippen LogP contribution is 2.26. The van der Waals surface area contributed by atoms with Gasteiger partial charge in [-0.15, -0.1) is 0 Å². The normalized spacial score (nSPS) is 23.4. The van der Waals surface area contributed by atoms with Gasteiger partial charge in [0.05, 0.1) is 10.7 Å². The quantitative estimate of drug-likeness (QED) is 0.893. The van der Waals surface area contributed by atoms with E-state index in [-0.39, 0.29) is 5.91 Å². The zero-order chi connectivity index (χ0) is 14.0. The molecule has 5 heteroatoms. The number of likely N-dealkylation sites (N-methyl/N-ethyl adjacent to an activating group) is 1. The molecule has 0 radical (unpaired) electrons. The number of halogens is 1. The molecule has 2 unspecified atom stereocenters. The van der Waals surface area contributed by atoms with Gasteiger partial charge in [0.1, 0.15) is 0 Å². The largest absolute Gasteiger partial charge is 0.380 e. The molecule has 1 aliphatic heterocycles. The highest BCUT2D eigenvalue weighted by atomic mass is 35.5. The third kappa shape index (κ3) is 3.19. The molecule has 0 spiro atoms. The average Bonchev–Trinajstić information content (AvgIpc) is 2.70. The van der Waals surface area contributed by atoms with Crippen molar-refractivity contribution in [3.8, 4) is 0 Å². The minimum absolute atomic E-state index is 0.100. The fourth-order valence-corrected chi connectivity index (χ4v) is 2.61. The highest BCUT2D eigenvalue weighted by Gasteiger charge is 2.26. The molecule has 1 aromatic carbocycles. The molecule has 1 saturated heterocycles. The zero-order valence-electron chi connectivity index (χ0n) is 11.5. The SMILES string of the molecule is CNC(=O)c1ccc(Cl)c(NC2CC(C)N(C)C2)c1. The fraction of sp³-hybridized carbons (Fsp3) is 0.500. The number of amides is 1. The first-order chi connectivity index (χ1) is 9.01. The van der Waals surface area contributed by atoms with Crippen LogP contribution in [0.15, 0.2) is 18.2 Å². The molecule has 4 nitrogen and oxygen atoms in total. The monoisotopic (exact) mass is 281 g/mol. The fourth-order valence-electron chi connectivity index (χ4n) is 2.44. The van der Waals surface area contributed by atoms with E-state index in [9.17, 15) is 4.79 Å². The number of benzene rings is 1. The molecule has 1 aromatic rings. The molecule has 2 rings (SSSR count). The van der Waals surface area contributed by atoms with Gasteiger partial charge in [0.25, 0.3) is 5.91 Å². The van der Waals surface area contributed by atoms with Gasteiger partial charge in [0, 0.05) is 31.2 Å². The smallest absolute Gasteiger partial charge is 0.251 e. The maximum absolute atomic E-state index is 11.6. The maximum Gasteiger partial charge on any atom is 0.251 e. The Morgan fingerprint density at radius 3 is 2.79 bits per heavy atom. The Bertz CT molecular complexity index is 468. The molecule has 1 aliphatic rings. The summed E-state index contributed by atoms with van der Waals surface area (Å²) in [5.41, 5.74) is 1.45. The van der Waals surface area contributed by atoms with Crippen molar-refractivity contribution in [3.63, 3.8) is 0 Å². The summed E-state index contributed by atoms with van der Waals surface area (Å²) in [7, 11) is 3.74. The van der Waals surface area contributed by atoms with Crippen molar-refractivity contribution >= 4 is 23.2 Å².